The van der Waals surface area contributed by atoms with E-state index in [0.29, 0.717) is 0 Å². The number of pyridine rings is 1. The van der Waals surface area contributed by atoms with E-state index >= 15 is 0 Å². The maximum atomic E-state index is 2.19. The van der Waals surface area contributed by atoms with Gasteiger partial charge >= 0.3 is 0 Å². The van der Waals surface area contributed by atoms with E-state index in [2.05, 4.69) is 43.1 Å². The van der Waals surface area contributed by atoms with Gasteiger partial charge in [-0.3, -0.25) is 0 Å². The van der Waals surface area contributed by atoms with Crippen LogP contribution in [0.4, 0.5) is 0 Å². The van der Waals surface area contributed by atoms with Gasteiger partial charge in [0.05, 0.1) is 0 Å². The summed E-state index contributed by atoms with van der Waals surface area (Å²) in [5, 5.41) is 1.31. The average molecular weight is 154 g/mol. The average Bonchev–Trinajstić information content (AvgIpc) is 1.94. The van der Waals surface area contributed by atoms with E-state index in [1.54, 1.807) is 11.8 Å². The van der Waals surface area contributed by atoms with Crippen molar-refractivity contribution in [3.8, 4) is 0 Å². The van der Waals surface area contributed by atoms with E-state index in [1.807, 2.05) is 0 Å². The summed E-state index contributed by atoms with van der Waals surface area (Å²) in [6.07, 6.45) is 4.18. The maximum Gasteiger partial charge on any atom is 0.239 e. The molecule has 0 saturated heterocycles. The molecule has 1 rings (SSSR count). The molecule has 54 valence electrons. The summed E-state index contributed by atoms with van der Waals surface area (Å²) in [5.41, 5.74) is 1.32. The Morgan fingerprint density at radius 3 is 2.70 bits per heavy atom. The Hall–Kier alpha value is -0.500. The molecule has 0 aliphatic heterocycles. The predicted octanol–water partition coefficient (Wildman–Crippen LogP) is 1.54. The number of thioether (sulfide) groups is 1. The number of aromatic nitrogens is 1. The molecule has 1 aromatic heterocycles. The Bertz CT molecular complexity index is 233. The molecule has 0 aliphatic rings. The zero-order valence-electron chi connectivity index (χ0n) is 6.59. The van der Waals surface area contributed by atoms with Gasteiger partial charge in [-0.15, -0.1) is 0 Å². The van der Waals surface area contributed by atoms with E-state index in [1.165, 1.54) is 10.6 Å². The molecule has 0 amide bonds. The number of hydrogen-bond donors (Lipinski definition) is 0. The van der Waals surface area contributed by atoms with Gasteiger partial charge in [-0.1, -0.05) is 11.8 Å². The minimum Gasteiger partial charge on any atom is -0.196 e. The van der Waals surface area contributed by atoms with E-state index in [9.17, 15) is 0 Å². The second-order valence-electron chi connectivity index (χ2n) is 2.36. The van der Waals surface area contributed by atoms with Gasteiger partial charge in [-0.2, -0.15) is 4.57 Å². The third-order valence-corrected chi connectivity index (χ3v) is 2.29. The van der Waals surface area contributed by atoms with Crippen LogP contribution in [-0.2, 0) is 7.05 Å². The van der Waals surface area contributed by atoms with E-state index in [4.69, 9.17) is 0 Å². The van der Waals surface area contributed by atoms with Gasteiger partial charge in [-0.25, -0.2) is 0 Å². The fourth-order valence-electron chi connectivity index (χ4n) is 0.850. The summed E-state index contributed by atoms with van der Waals surface area (Å²) in [6, 6.07) is 4.30. The third kappa shape index (κ3) is 1.51. The molecular formula is C8H12NS+. The summed E-state index contributed by atoms with van der Waals surface area (Å²) in [6.45, 7) is 2.11. The van der Waals surface area contributed by atoms with Crippen molar-refractivity contribution in [2.75, 3.05) is 6.26 Å². The molecule has 10 heavy (non-hydrogen) atoms. The highest BCUT2D eigenvalue weighted by Crippen LogP contribution is 2.09. The Morgan fingerprint density at radius 2 is 2.20 bits per heavy atom. The van der Waals surface area contributed by atoms with Gasteiger partial charge in [0, 0.05) is 12.1 Å². The number of nitrogens with zero attached hydrogens (tertiary/aromatic N) is 1. The van der Waals surface area contributed by atoms with Crippen molar-refractivity contribution in [1.82, 2.24) is 0 Å². The van der Waals surface area contributed by atoms with Crippen LogP contribution in [0.5, 0.6) is 0 Å². The second kappa shape index (κ2) is 3.06. The van der Waals surface area contributed by atoms with Gasteiger partial charge in [0.25, 0.3) is 0 Å². The van der Waals surface area contributed by atoms with Crippen LogP contribution < -0.4 is 4.57 Å². The summed E-state index contributed by atoms with van der Waals surface area (Å²) in [7, 11) is 2.06. The lowest BCUT2D eigenvalue weighted by molar-refractivity contribution is -0.708. The SMILES string of the molecule is CSc1cc(C)cc[n+]1C. The smallest absolute Gasteiger partial charge is 0.196 e. The van der Waals surface area contributed by atoms with Crippen LogP contribution in [-0.4, -0.2) is 6.26 Å². The van der Waals surface area contributed by atoms with Gasteiger partial charge in [0.1, 0.15) is 7.05 Å². The molecule has 0 N–H and O–H groups in total. The van der Waals surface area contributed by atoms with Crippen molar-refractivity contribution in [2.45, 2.75) is 11.9 Å². The Balaban J connectivity index is 3.09. The lowest BCUT2D eigenvalue weighted by Crippen LogP contribution is -2.29. The van der Waals surface area contributed by atoms with Gasteiger partial charge in [0.2, 0.25) is 5.03 Å². The van der Waals surface area contributed by atoms with Crippen molar-refractivity contribution in [3.63, 3.8) is 0 Å². The molecule has 0 spiro atoms. The van der Waals surface area contributed by atoms with E-state index in [-0.39, 0.29) is 0 Å². The highest BCUT2D eigenvalue weighted by Gasteiger charge is 2.02. The van der Waals surface area contributed by atoms with Gasteiger partial charge in [-0.05, 0) is 18.7 Å². The van der Waals surface area contributed by atoms with E-state index in [0.717, 1.165) is 0 Å². The standard InChI is InChI=1S/C8H12NS/c1-7-4-5-9(2)8(6-7)10-3/h4-6H,1-3H3/q+1. The first kappa shape index (κ1) is 7.61. The molecule has 0 aliphatic carbocycles. The quantitative estimate of drug-likeness (QED) is 0.438. The molecule has 0 radical (unpaired) electrons. The third-order valence-electron chi connectivity index (χ3n) is 1.47. The summed E-state index contributed by atoms with van der Waals surface area (Å²) in [4.78, 5) is 0. The Labute approximate surface area is 66.1 Å². The molecule has 1 heterocycles. The lowest BCUT2D eigenvalue weighted by Gasteiger charge is -1.95. The van der Waals surface area contributed by atoms with Crippen molar-refractivity contribution >= 4 is 11.8 Å². The maximum absolute atomic E-state index is 2.19. The molecular weight excluding hydrogens is 142 g/mol. The van der Waals surface area contributed by atoms with Crippen molar-refractivity contribution in [2.24, 2.45) is 7.05 Å². The van der Waals surface area contributed by atoms with Crippen LogP contribution in [0.2, 0.25) is 0 Å². The number of hydrogen-bond acceptors (Lipinski definition) is 1. The van der Waals surface area contributed by atoms with Crippen molar-refractivity contribution < 1.29 is 4.57 Å². The normalized spacial score (nSPS) is 9.90. The minimum absolute atomic E-state index is 1.31. The largest absolute Gasteiger partial charge is 0.239 e. The number of aryl methyl sites for hydroxylation is 2. The van der Waals surface area contributed by atoms with Crippen LogP contribution in [0.3, 0.4) is 0 Å². The highest BCUT2D eigenvalue weighted by molar-refractivity contribution is 7.98. The molecule has 0 fully saturated rings. The van der Waals surface area contributed by atoms with Crippen molar-refractivity contribution in [1.29, 1.82) is 0 Å². The first-order chi connectivity index (χ1) is 4.74. The molecule has 1 nitrogen and oxygen atoms in total. The Morgan fingerprint density at radius 1 is 1.50 bits per heavy atom. The van der Waals surface area contributed by atoms with Gasteiger partial charge < -0.3 is 0 Å². The van der Waals surface area contributed by atoms with Gasteiger partial charge in [0.15, 0.2) is 6.20 Å². The molecule has 0 aromatic carbocycles. The van der Waals surface area contributed by atoms with Crippen LogP contribution in [0, 0.1) is 6.92 Å². The molecule has 1 aromatic rings. The highest BCUT2D eigenvalue weighted by atomic mass is 32.2. The lowest BCUT2D eigenvalue weighted by atomic mass is 10.3. The summed E-state index contributed by atoms with van der Waals surface area (Å²) in [5.74, 6) is 0. The van der Waals surface area contributed by atoms with Crippen LogP contribution >= 0.6 is 11.8 Å². The molecule has 2 heteroatoms. The summed E-state index contributed by atoms with van der Waals surface area (Å²) >= 11 is 1.77. The molecule has 0 unspecified atom stereocenters. The van der Waals surface area contributed by atoms with Crippen molar-refractivity contribution in [3.05, 3.63) is 23.9 Å². The second-order valence-corrected chi connectivity index (χ2v) is 3.18. The van der Waals surface area contributed by atoms with E-state index < -0.39 is 0 Å². The van der Waals surface area contributed by atoms with Crippen LogP contribution in [0.1, 0.15) is 5.56 Å². The fourth-order valence-corrected chi connectivity index (χ4v) is 1.50. The first-order valence-electron chi connectivity index (χ1n) is 3.24. The first-order valence-corrected chi connectivity index (χ1v) is 4.47. The molecule has 0 atom stereocenters. The number of rotatable bonds is 1. The molecule has 0 bridgehead atoms. The Kier molecular flexibility index (Phi) is 2.33. The zero-order valence-corrected chi connectivity index (χ0v) is 7.40. The van der Waals surface area contributed by atoms with Crippen LogP contribution in [0.15, 0.2) is 23.4 Å². The fraction of sp³-hybridized carbons (Fsp3) is 0.375. The predicted molar refractivity (Wildman–Crippen MR) is 44.1 cm³/mol. The zero-order chi connectivity index (χ0) is 7.56. The van der Waals surface area contributed by atoms with Crippen LogP contribution in [0.25, 0.3) is 0 Å². The monoisotopic (exact) mass is 154 g/mol. The minimum atomic E-state index is 1.31. The topological polar surface area (TPSA) is 3.88 Å². The molecule has 0 saturated carbocycles. The summed E-state index contributed by atoms with van der Waals surface area (Å²) < 4.78 is 2.12.